The van der Waals surface area contributed by atoms with Crippen LogP contribution in [-0.2, 0) is 16.6 Å². The quantitative estimate of drug-likeness (QED) is 0.621. The fourth-order valence-electron chi connectivity index (χ4n) is 4.68. The second-order valence-electron chi connectivity index (χ2n) is 8.87. The first kappa shape index (κ1) is 20.8. The van der Waals surface area contributed by atoms with Crippen molar-refractivity contribution in [2.45, 2.75) is 49.6 Å². The zero-order valence-corrected chi connectivity index (χ0v) is 19.1. The van der Waals surface area contributed by atoms with Gasteiger partial charge < -0.3 is 9.73 Å². The SMILES string of the molecule is CSc1ccc(CNc2ncc(C)cc2S(=O)(=O)N(C)CC2(C)CC3CC3C2)o1. The number of hydrogen-bond donors (Lipinski definition) is 1. The van der Waals surface area contributed by atoms with E-state index in [4.69, 9.17) is 4.42 Å². The number of pyridine rings is 1. The molecule has 2 aliphatic carbocycles. The Kier molecular flexibility index (Phi) is 5.46. The summed E-state index contributed by atoms with van der Waals surface area (Å²) in [5.74, 6) is 2.73. The maximum Gasteiger partial charge on any atom is 0.246 e. The van der Waals surface area contributed by atoms with Crippen molar-refractivity contribution in [2.24, 2.45) is 17.3 Å². The van der Waals surface area contributed by atoms with Crippen molar-refractivity contribution < 1.29 is 12.8 Å². The lowest BCUT2D eigenvalue weighted by atomic mass is 9.85. The van der Waals surface area contributed by atoms with Gasteiger partial charge in [0, 0.05) is 19.8 Å². The molecule has 2 aromatic rings. The molecule has 0 spiro atoms. The molecule has 0 radical (unpaired) electrons. The molecule has 6 nitrogen and oxygen atoms in total. The lowest BCUT2D eigenvalue weighted by Gasteiger charge is -2.31. The fourth-order valence-corrected chi connectivity index (χ4v) is 6.60. The Morgan fingerprint density at radius 2 is 2.07 bits per heavy atom. The standard InChI is InChI=1S/C21H29N3O3S2/c1-14-7-18(20(22-11-14)23-12-17-5-6-19(27-17)28-4)29(25,26)24(3)13-21(2)9-15-8-16(15)10-21/h5-7,11,15-16H,8-10,12-13H2,1-4H3,(H,22,23). The third-order valence-electron chi connectivity index (χ3n) is 6.13. The number of thioether (sulfide) groups is 1. The van der Waals surface area contributed by atoms with E-state index in [2.05, 4.69) is 17.2 Å². The zero-order chi connectivity index (χ0) is 20.8. The van der Waals surface area contributed by atoms with E-state index in [0.717, 1.165) is 41.1 Å². The molecular formula is C21H29N3O3S2. The van der Waals surface area contributed by atoms with Gasteiger partial charge in [-0.2, -0.15) is 0 Å². The molecule has 2 fully saturated rings. The van der Waals surface area contributed by atoms with Crippen molar-refractivity contribution >= 4 is 27.6 Å². The van der Waals surface area contributed by atoms with E-state index in [9.17, 15) is 8.42 Å². The number of rotatable bonds is 8. The van der Waals surface area contributed by atoms with Crippen LogP contribution < -0.4 is 5.32 Å². The van der Waals surface area contributed by atoms with Crippen molar-refractivity contribution in [1.29, 1.82) is 0 Å². The van der Waals surface area contributed by atoms with E-state index in [1.165, 1.54) is 22.5 Å². The number of nitrogens with zero attached hydrogens (tertiary/aromatic N) is 2. The summed E-state index contributed by atoms with van der Waals surface area (Å²) >= 11 is 1.53. The average molecular weight is 436 g/mol. The van der Waals surface area contributed by atoms with Crippen molar-refractivity contribution in [3.05, 3.63) is 35.7 Å². The Morgan fingerprint density at radius 3 is 2.72 bits per heavy atom. The lowest BCUT2D eigenvalue weighted by Crippen LogP contribution is -2.37. The molecule has 8 heteroatoms. The summed E-state index contributed by atoms with van der Waals surface area (Å²) in [6.45, 7) is 5.01. The molecule has 2 aromatic heterocycles. The van der Waals surface area contributed by atoms with Crippen LogP contribution in [0, 0.1) is 24.2 Å². The summed E-state index contributed by atoms with van der Waals surface area (Å²) in [6.07, 6.45) is 7.22. The second kappa shape index (κ2) is 7.63. The highest BCUT2D eigenvalue weighted by Crippen LogP contribution is 2.60. The molecule has 0 saturated heterocycles. The maximum atomic E-state index is 13.4. The molecule has 1 N–H and O–H groups in total. The van der Waals surface area contributed by atoms with Crippen LogP contribution in [0.3, 0.4) is 0 Å². The Morgan fingerprint density at radius 1 is 1.34 bits per heavy atom. The molecule has 2 aliphatic rings. The number of fused-ring (bicyclic) bond motifs is 1. The van der Waals surface area contributed by atoms with Crippen LogP contribution in [0.25, 0.3) is 0 Å². The number of nitrogens with one attached hydrogen (secondary N) is 1. The average Bonchev–Trinajstić information content (AvgIpc) is 3.08. The summed E-state index contributed by atoms with van der Waals surface area (Å²) in [5.41, 5.74) is 0.890. The van der Waals surface area contributed by atoms with Crippen LogP contribution in [0.2, 0.25) is 0 Å². The molecular weight excluding hydrogens is 406 g/mol. The number of hydrogen-bond acceptors (Lipinski definition) is 6. The number of aryl methyl sites for hydroxylation is 1. The maximum absolute atomic E-state index is 13.4. The minimum absolute atomic E-state index is 0.0721. The summed E-state index contributed by atoms with van der Waals surface area (Å²) in [6, 6.07) is 5.49. The fraction of sp³-hybridized carbons (Fsp3) is 0.571. The molecule has 2 unspecified atom stereocenters. The van der Waals surface area contributed by atoms with Gasteiger partial charge in [0.15, 0.2) is 5.09 Å². The molecule has 0 aliphatic heterocycles. The highest BCUT2D eigenvalue weighted by molar-refractivity contribution is 7.98. The van der Waals surface area contributed by atoms with Gasteiger partial charge in [0.1, 0.15) is 16.5 Å². The topological polar surface area (TPSA) is 75.4 Å². The van der Waals surface area contributed by atoms with E-state index in [-0.39, 0.29) is 10.3 Å². The second-order valence-corrected chi connectivity index (χ2v) is 11.7. The molecule has 2 heterocycles. The Balaban J connectivity index is 1.53. The van der Waals surface area contributed by atoms with Crippen molar-refractivity contribution in [1.82, 2.24) is 9.29 Å². The molecule has 29 heavy (non-hydrogen) atoms. The van der Waals surface area contributed by atoms with E-state index in [1.54, 1.807) is 19.3 Å². The molecule has 158 valence electrons. The van der Waals surface area contributed by atoms with Crippen molar-refractivity contribution in [3.8, 4) is 0 Å². The van der Waals surface area contributed by atoms with E-state index >= 15 is 0 Å². The van der Waals surface area contributed by atoms with Gasteiger partial charge in [-0.15, -0.1) is 0 Å². The van der Waals surface area contributed by atoms with E-state index < -0.39 is 10.0 Å². The van der Waals surface area contributed by atoms with Gasteiger partial charge in [0.25, 0.3) is 0 Å². The monoisotopic (exact) mass is 435 g/mol. The number of anilines is 1. The van der Waals surface area contributed by atoms with Gasteiger partial charge in [-0.3, -0.25) is 0 Å². The number of sulfonamides is 1. The predicted octanol–water partition coefficient (Wildman–Crippen LogP) is 4.37. The molecule has 4 rings (SSSR count). The highest BCUT2D eigenvalue weighted by atomic mass is 32.2. The first-order chi connectivity index (χ1) is 13.7. The summed E-state index contributed by atoms with van der Waals surface area (Å²) in [4.78, 5) is 4.60. The molecule has 0 aromatic carbocycles. The Hall–Kier alpha value is -1.51. The summed E-state index contributed by atoms with van der Waals surface area (Å²) in [7, 11) is -1.96. The van der Waals surface area contributed by atoms with Gasteiger partial charge in [0.2, 0.25) is 10.0 Å². The zero-order valence-electron chi connectivity index (χ0n) is 17.4. The minimum atomic E-state index is -3.65. The Bertz CT molecular complexity index is 992. The smallest absolute Gasteiger partial charge is 0.246 e. The van der Waals surface area contributed by atoms with Gasteiger partial charge in [-0.1, -0.05) is 18.7 Å². The van der Waals surface area contributed by atoms with Crippen LogP contribution in [0.15, 0.2) is 38.8 Å². The minimum Gasteiger partial charge on any atom is -0.453 e. The van der Waals surface area contributed by atoms with Gasteiger partial charge in [-0.05, 0) is 73.5 Å². The third-order valence-corrected chi connectivity index (χ3v) is 8.57. The van der Waals surface area contributed by atoms with Gasteiger partial charge >= 0.3 is 0 Å². The summed E-state index contributed by atoms with van der Waals surface area (Å²) < 4.78 is 34.0. The molecule has 2 atom stereocenters. The van der Waals surface area contributed by atoms with Crippen LogP contribution >= 0.6 is 11.8 Å². The third kappa shape index (κ3) is 4.34. The van der Waals surface area contributed by atoms with Crippen LogP contribution in [0.4, 0.5) is 5.82 Å². The van der Waals surface area contributed by atoms with Crippen LogP contribution in [-0.4, -0.2) is 37.6 Å². The molecule has 0 amide bonds. The van der Waals surface area contributed by atoms with E-state index in [0.29, 0.717) is 18.9 Å². The van der Waals surface area contributed by atoms with Gasteiger partial charge in [-0.25, -0.2) is 17.7 Å². The number of aromatic nitrogens is 1. The Labute approximate surface area is 177 Å². The number of furan rings is 1. The van der Waals surface area contributed by atoms with Crippen molar-refractivity contribution in [2.75, 3.05) is 25.2 Å². The molecule has 0 bridgehead atoms. The van der Waals surface area contributed by atoms with Crippen LogP contribution in [0.5, 0.6) is 0 Å². The van der Waals surface area contributed by atoms with Crippen molar-refractivity contribution in [3.63, 3.8) is 0 Å². The normalized spacial score (nSPS) is 26.0. The van der Waals surface area contributed by atoms with E-state index in [1.807, 2.05) is 25.3 Å². The van der Waals surface area contributed by atoms with Gasteiger partial charge in [0.05, 0.1) is 6.54 Å². The van der Waals surface area contributed by atoms with Crippen LogP contribution in [0.1, 0.15) is 37.5 Å². The largest absolute Gasteiger partial charge is 0.453 e. The predicted molar refractivity (Wildman–Crippen MR) is 116 cm³/mol. The first-order valence-corrected chi connectivity index (χ1v) is 12.7. The highest BCUT2D eigenvalue weighted by Gasteiger charge is 2.52. The molecule has 2 saturated carbocycles. The first-order valence-electron chi connectivity index (χ1n) is 10.00. The summed E-state index contributed by atoms with van der Waals surface area (Å²) in [5, 5.41) is 3.98. The lowest BCUT2D eigenvalue weighted by molar-refractivity contribution is 0.239.